The van der Waals surface area contributed by atoms with Gasteiger partial charge in [0.1, 0.15) is 10.6 Å². The third kappa shape index (κ3) is 2.11. The van der Waals surface area contributed by atoms with E-state index in [0.717, 1.165) is 0 Å². The second-order valence-electron chi connectivity index (χ2n) is 2.60. The van der Waals surface area contributed by atoms with Crippen LogP contribution >= 0.6 is 23.2 Å². The maximum Gasteiger partial charge on any atom is 0.335 e. The second kappa shape index (κ2) is 3.52. The van der Waals surface area contributed by atoms with E-state index in [-0.39, 0.29) is 5.57 Å². The van der Waals surface area contributed by atoms with E-state index in [2.05, 4.69) is 0 Å². The fourth-order valence-electron chi connectivity index (χ4n) is 0.945. The van der Waals surface area contributed by atoms with Gasteiger partial charge >= 0.3 is 5.97 Å². The molecular formula is C8H6Cl2O3. The minimum absolute atomic E-state index is 0.0222. The van der Waals surface area contributed by atoms with Gasteiger partial charge in [-0.05, 0) is 12.2 Å². The Morgan fingerprint density at radius 1 is 1.62 bits per heavy atom. The first-order valence-electron chi connectivity index (χ1n) is 3.45. The molecule has 1 unspecified atom stereocenters. The van der Waals surface area contributed by atoms with Crippen molar-refractivity contribution in [1.29, 1.82) is 0 Å². The Kier molecular flexibility index (Phi) is 2.78. The number of carbonyl (C=O) groups is 2. The molecule has 0 aliphatic heterocycles. The third-order valence-corrected chi connectivity index (χ3v) is 2.44. The summed E-state index contributed by atoms with van der Waals surface area (Å²) in [5, 5.41) is 8.60. The number of rotatable bonds is 2. The first kappa shape index (κ1) is 10.3. The Labute approximate surface area is 84.6 Å². The van der Waals surface area contributed by atoms with Crippen molar-refractivity contribution >= 4 is 35.5 Å². The van der Waals surface area contributed by atoms with Gasteiger partial charge in [0.2, 0.25) is 0 Å². The lowest BCUT2D eigenvalue weighted by molar-refractivity contribution is -0.132. The minimum Gasteiger partial charge on any atom is -0.478 e. The highest BCUT2D eigenvalue weighted by Crippen LogP contribution is 2.35. The zero-order valence-corrected chi connectivity index (χ0v) is 7.92. The molecule has 3 nitrogen and oxygen atoms in total. The van der Waals surface area contributed by atoms with Gasteiger partial charge in [-0.15, -0.1) is 0 Å². The van der Waals surface area contributed by atoms with Gasteiger partial charge in [0.05, 0.1) is 11.5 Å². The molecule has 0 aromatic rings. The van der Waals surface area contributed by atoms with E-state index in [1.165, 1.54) is 18.2 Å². The fourth-order valence-corrected chi connectivity index (χ4v) is 1.30. The van der Waals surface area contributed by atoms with Crippen LogP contribution in [-0.4, -0.2) is 21.7 Å². The minimum atomic E-state index is -1.33. The smallest absolute Gasteiger partial charge is 0.335 e. The van der Waals surface area contributed by atoms with Crippen LogP contribution in [0.15, 0.2) is 23.8 Å². The molecule has 0 saturated heterocycles. The molecule has 70 valence electrons. The third-order valence-electron chi connectivity index (χ3n) is 1.68. The van der Waals surface area contributed by atoms with E-state index in [9.17, 15) is 9.59 Å². The Bertz CT molecular complexity index is 305. The summed E-state index contributed by atoms with van der Waals surface area (Å²) >= 11 is 11.4. The molecule has 0 amide bonds. The van der Waals surface area contributed by atoms with Crippen LogP contribution in [0.3, 0.4) is 0 Å². The summed E-state index contributed by atoms with van der Waals surface area (Å²) in [4.78, 5) is 21.0. The molecule has 0 spiro atoms. The number of alkyl halides is 2. The average Bonchev–Trinajstić information content (AvgIpc) is 2.03. The first-order valence-corrected chi connectivity index (χ1v) is 4.20. The van der Waals surface area contributed by atoms with Crippen molar-refractivity contribution in [3.8, 4) is 0 Å². The van der Waals surface area contributed by atoms with E-state index >= 15 is 0 Å². The number of carboxylic acid groups (broad SMARTS) is 1. The molecule has 13 heavy (non-hydrogen) atoms. The van der Waals surface area contributed by atoms with E-state index in [4.69, 9.17) is 28.3 Å². The summed E-state index contributed by atoms with van der Waals surface area (Å²) in [6, 6.07) is 0. The van der Waals surface area contributed by atoms with Crippen LogP contribution in [0.1, 0.15) is 0 Å². The summed E-state index contributed by atoms with van der Waals surface area (Å²) in [7, 11) is 0. The van der Waals surface area contributed by atoms with Crippen LogP contribution in [0, 0.1) is 5.92 Å². The van der Waals surface area contributed by atoms with E-state index < -0.39 is 16.2 Å². The lowest BCUT2D eigenvalue weighted by atomic mass is 9.96. The van der Waals surface area contributed by atoms with Crippen molar-refractivity contribution < 1.29 is 14.7 Å². The highest BCUT2D eigenvalue weighted by Gasteiger charge is 2.34. The summed E-state index contributed by atoms with van der Waals surface area (Å²) < 4.78 is -1.33. The number of carbonyl (C=O) groups excluding carboxylic acids is 1. The predicted octanol–water partition coefficient (Wildman–Crippen LogP) is 1.56. The van der Waals surface area contributed by atoms with Gasteiger partial charge in [-0.1, -0.05) is 29.3 Å². The van der Waals surface area contributed by atoms with Gasteiger partial charge in [0.15, 0.2) is 0 Å². The maximum atomic E-state index is 10.5. The Morgan fingerprint density at radius 3 is 2.69 bits per heavy atom. The van der Waals surface area contributed by atoms with Gasteiger partial charge < -0.3 is 9.90 Å². The van der Waals surface area contributed by atoms with Crippen LogP contribution in [0.2, 0.25) is 0 Å². The van der Waals surface area contributed by atoms with Crippen LogP contribution in [-0.2, 0) is 9.59 Å². The number of halogens is 2. The standard InChI is InChI=1S/C8H6Cl2O3/c9-8(10)2-1-5(7(12)13)3-6(8)4-11/h1-4,6H,(H,12,13). The summed E-state index contributed by atoms with van der Waals surface area (Å²) in [5.41, 5.74) is 0.0222. The molecule has 0 aromatic heterocycles. The lowest BCUT2D eigenvalue weighted by Gasteiger charge is -2.22. The van der Waals surface area contributed by atoms with Crippen molar-refractivity contribution in [2.45, 2.75) is 4.33 Å². The van der Waals surface area contributed by atoms with Crippen molar-refractivity contribution in [2.24, 2.45) is 5.92 Å². The molecule has 1 atom stereocenters. The van der Waals surface area contributed by atoms with E-state index in [1.807, 2.05) is 0 Å². The zero-order chi connectivity index (χ0) is 10.1. The molecule has 0 aromatic carbocycles. The number of aliphatic carboxylic acids is 1. The number of hydrogen-bond donors (Lipinski definition) is 1. The molecule has 0 bridgehead atoms. The van der Waals surface area contributed by atoms with Gasteiger partial charge in [-0.2, -0.15) is 0 Å². The van der Waals surface area contributed by atoms with Crippen LogP contribution in [0.25, 0.3) is 0 Å². The second-order valence-corrected chi connectivity index (χ2v) is 4.04. The number of aldehydes is 1. The quantitative estimate of drug-likeness (QED) is 0.568. The highest BCUT2D eigenvalue weighted by molar-refractivity contribution is 6.51. The van der Waals surface area contributed by atoms with E-state index in [1.54, 1.807) is 0 Å². The summed E-state index contributed by atoms with van der Waals surface area (Å²) in [6.45, 7) is 0. The average molecular weight is 221 g/mol. The highest BCUT2D eigenvalue weighted by atomic mass is 35.5. The fraction of sp³-hybridized carbons (Fsp3) is 0.250. The molecule has 5 heteroatoms. The van der Waals surface area contributed by atoms with E-state index in [0.29, 0.717) is 6.29 Å². The molecule has 1 N–H and O–H groups in total. The number of carboxylic acids is 1. The topological polar surface area (TPSA) is 54.4 Å². The number of allylic oxidation sites excluding steroid dienone is 2. The summed E-state index contributed by atoms with van der Waals surface area (Å²) in [6.07, 6.45) is 4.32. The molecule has 1 aliphatic carbocycles. The molecule has 0 fully saturated rings. The normalized spacial score (nSPS) is 25.1. The Morgan fingerprint density at radius 2 is 2.23 bits per heavy atom. The van der Waals surface area contributed by atoms with Crippen LogP contribution in [0.5, 0.6) is 0 Å². The molecule has 1 rings (SSSR count). The molecule has 0 heterocycles. The molecule has 1 aliphatic rings. The lowest BCUT2D eigenvalue weighted by Crippen LogP contribution is -2.26. The molecule has 0 radical (unpaired) electrons. The van der Waals surface area contributed by atoms with Gasteiger partial charge in [0.25, 0.3) is 0 Å². The van der Waals surface area contributed by atoms with Gasteiger partial charge in [-0.3, -0.25) is 0 Å². The Hall–Kier alpha value is -0.800. The summed E-state index contributed by atoms with van der Waals surface area (Å²) in [5.74, 6) is -1.92. The van der Waals surface area contributed by atoms with Crippen molar-refractivity contribution in [1.82, 2.24) is 0 Å². The predicted molar refractivity (Wildman–Crippen MR) is 48.8 cm³/mol. The largest absolute Gasteiger partial charge is 0.478 e. The monoisotopic (exact) mass is 220 g/mol. The van der Waals surface area contributed by atoms with Crippen molar-refractivity contribution in [3.05, 3.63) is 23.8 Å². The first-order chi connectivity index (χ1) is 5.97. The molecule has 0 saturated carbocycles. The Balaban J connectivity index is 3.00. The van der Waals surface area contributed by atoms with Gasteiger partial charge in [0, 0.05) is 0 Å². The van der Waals surface area contributed by atoms with Gasteiger partial charge in [-0.25, -0.2) is 4.79 Å². The van der Waals surface area contributed by atoms with Crippen LogP contribution < -0.4 is 0 Å². The van der Waals surface area contributed by atoms with Crippen LogP contribution in [0.4, 0.5) is 0 Å². The van der Waals surface area contributed by atoms with Crippen molar-refractivity contribution in [3.63, 3.8) is 0 Å². The molecular weight excluding hydrogens is 215 g/mol. The number of hydrogen-bond acceptors (Lipinski definition) is 2. The maximum absolute atomic E-state index is 10.5. The van der Waals surface area contributed by atoms with Crippen molar-refractivity contribution in [2.75, 3.05) is 0 Å². The zero-order valence-electron chi connectivity index (χ0n) is 6.41. The SMILES string of the molecule is O=CC1C=C(C(=O)O)C=CC1(Cl)Cl.